The molecule has 0 aliphatic heterocycles. The molecule has 0 saturated heterocycles. The van der Waals surface area contributed by atoms with Gasteiger partial charge in [-0.25, -0.2) is 0 Å². The molecule has 0 aromatic heterocycles. The van der Waals surface area contributed by atoms with Crippen molar-refractivity contribution in [3.8, 4) is 0 Å². The number of halogens is 1. The van der Waals surface area contributed by atoms with Crippen LogP contribution in [0.15, 0.2) is 48.5 Å². The van der Waals surface area contributed by atoms with Crippen LogP contribution >= 0.6 is 23.8 Å². The van der Waals surface area contributed by atoms with E-state index in [1.807, 2.05) is 48.5 Å². The Balaban J connectivity index is 2.00. The minimum atomic E-state index is 0.386. The zero-order valence-corrected chi connectivity index (χ0v) is 11.9. The normalized spacial score (nSPS) is 10.4. The molecule has 0 unspecified atom stereocenters. The van der Waals surface area contributed by atoms with E-state index in [0.29, 0.717) is 23.2 Å². The smallest absolute Gasteiger partial charge is 0.104 e. The van der Waals surface area contributed by atoms with Crippen molar-refractivity contribution < 1.29 is 4.74 Å². The summed E-state index contributed by atoms with van der Waals surface area (Å²) in [5.74, 6) is 0. The van der Waals surface area contributed by atoms with Gasteiger partial charge in [0.05, 0.1) is 13.2 Å². The Bertz CT molecular complexity index is 586. The van der Waals surface area contributed by atoms with E-state index in [1.165, 1.54) is 0 Å². The highest BCUT2D eigenvalue weighted by atomic mass is 35.5. The second-order valence-electron chi connectivity index (χ2n) is 4.11. The lowest BCUT2D eigenvalue weighted by Crippen LogP contribution is -2.12. The summed E-state index contributed by atoms with van der Waals surface area (Å²) in [5.41, 5.74) is 8.49. The van der Waals surface area contributed by atoms with Crippen LogP contribution in [-0.4, -0.2) is 4.99 Å². The van der Waals surface area contributed by atoms with Crippen molar-refractivity contribution in [1.82, 2.24) is 0 Å². The molecule has 0 aliphatic rings. The molecular weight excluding hydrogens is 278 g/mol. The van der Waals surface area contributed by atoms with Crippen molar-refractivity contribution in [2.75, 3.05) is 0 Å². The molecule has 0 saturated carbocycles. The minimum Gasteiger partial charge on any atom is -0.389 e. The lowest BCUT2D eigenvalue weighted by atomic mass is 10.1. The zero-order chi connectivity index (χ0) is 13.7. The van der Waals surface area contributed by atoms with Crippen molar-refractivity contribution in [3.63, 3.8) is 0 Å². The van der Waals surface area contributed by atoms with E-state index < -0.39 is 0 Å². The summed E-state index contributed by atoms with van der Waals surface area (Å²) in [4.78, 5) is 0.386. The quantitative estimate of drug-likeness (QED) is 0.853. The van der Waals surface area contributed by atoms with Crippen LogP contribution in [-0.2, 0) is 18.0 Å². The van der Waals surface area contributed by atoms with Gasteiger partial charge in [-0.3, -0.25) is 0 Å². The van der Waals surface area contributed by atoms with Crippen molar-refractivity contribution in [1.29, 1.82) is 0 Å². The maximum atomic E-state index is 6.07. The fourth-order valence-corrected chi connectivity index (χ4v) is 2.16. The molecule has 2 aromatic carbocycles. The maximum absolute atomic E-state index is 6.07. The minimum absolute atomic E-state index is 0.386. The molecule has 2 rings (SSSR count). The second kappa shape index (κ2) is 6.66. The van der Waals surface area contributed by atoms with E-state index in [0.717, 1.165) is 16.7 Å². The number of nitrogens with two attached hydrogens (primary N) is 1. The molecular formula is C15H14ClNOS. The molecule has 0 aliphatic carbocycles. The monoisotopic (exact) mass is 291 g/mol. The van der Waals surface area contributed by atoms with Crippen LogP contribution in [0.2, 0.25) is 5.02 Å². The van der Waals surface area contributed by atoms with Crippen LogP contribution < -0.4 is 5.73 Å². The Kier molecular flexibility index (Phi) is 4.91. The molecule has 19 heavy (non-hydrogen) atoms. The summed E-state index contributed by atoms with van der Waals surface area (Å²) in [6, 6.07) is 15.3. The van der Waals surface area contributed by atoms with Gasteiger partial charge in [-0.05, 0) is 17.2 Å². The molecule has 0 atom stereocenters. The van der Waals surface area contributed by atoms with Crippen LogP contribution in [0, 0.1) is 0 Å². The summed E-state index contributed by atoms with van der Waals surface area (Å²) >= 11 is 11.1. The predicted molar refractivity (Wildman–Crippen MR) is 82.3 cm³/mol. The van der Waals surface area contributed by atoms with Gasteiger partial charge in [0.15, 0.2) is 0 Å². The summed E-state index contributed by atoms with van der Waals surface area (Å²) < 4.78 is 5.68. The standard InChI is InChI=1S/C15H14ClNOS/c16-14-8-4-2-6-12(14)10-18-9-11-5-1-3-7-13(11)15(17)19/h1-8H,9-10H2,(H2,17,19). The average Bonchev–Trinajstić information content (AvgIpc) is 2.41. The fraction of sp³-hybridized carbons (Fsp3) is 0.133. The Morgan fingerprint density at radius 1 is 1.00 bits per heavy atom. The number of ether oxygens (including phenoxy) is 1. The Labute approximate surface area is 123 Å². The first-order valence-electron chi connectivity index (χ1n) is 5.87. The zero-order valence-electron chi connectivity index (χ0n) is 10.3. The van der Waals surface area contributed by atoms with Crippen molar-refractivity contribution in [2.45, 2.75) is 13.2 Å². The number of benzene rings is 2. The second-order valence-corrected chi connectivity index (χ2v) is 4.95. The lowest BCUT2D eigenvalue weighted by Gasteiger charge is -2.09. The Morgan fingerprint density at radius 2 is 1.58 bits per heavy atom. The third-order valence-electron chi connectivity index (χ3n) is 2.76. The van der Waals surface area contributed by atoms with E-state index in [1.54, 1.807) is 0 Å². The molecule has 98 valence electrons. The van der Waals surface area contributed by atoms with Gasteiger partial charge in [0.1, 0.15) is 4.99 Å². The molecule has 0 radical (unpaired) electrons. The van der Waals surface area contributed by atoms with Crippen LogP contribution in [0.5, 0.6) is 0 Å². The molecule has 0 spiro atoms. The first-order valence-corrected chi connectivity index (χ1v) is 6.66. The van der Waals surface area contributed by atoms with E-state index in [-0.39, 0.29) is 0 Å². The summed E-state index contributed by atoms with van der Waals surface area (Å²) in [6.45, 7) is 0.921. The van der Waals surface area contributed by atoms with Gasteiger partial charge in [-0.2, -0.15) is 0 Å². The summed E-state index contributed by atoms with van der Waals surface area (Å²) in [5, 5.41) is 0.713. The highest BCUT2D eigenvalue weighted by molar-refractivity contribution is 7.80. The molecule has 2 aromatic rings. The first kappa shape index (κ1) is 14.0. The number of rotatable bonds is 5. The van der Waals surface area contributed by atoms with Crippen molar-refractivity contribution in [2.24, 2.45) is 5.73 Å². The van der Waals surface area contributed by atoms with E-state index in [4.69, 9.17) is 34.3 Å². The van der Waals surface area contributed by atoms with Crippen LogP contribution in [0.1, 0.15) is 16.7 Å². The van der Waals surface area contributed by atoms with Crippen LogP contribution in [0.25, 0.3) is 0 Å². The largest absolute Gasteiger partial charge is 0.389 e. The molecule has 0 amide bonds. The summed E-state index contributed by atoms with van der Waals surface area (Å²) in [6.07, 6.45) is 0. The first-order chi connectivity index (χ1) is 9.18. The average molecular weight is 292 g/mol. The third-order valence-corrected chi connectivity index (χ3v) is 3.34. The van der Waals surface area contributed by atoms with Gasteiger partial charge < -0.3 is 10.5 Å². The SMILES string of the molecule is NC(=S)c1ccccc1COCc1ccccc1Cl. The van der Waals surface area contributed by atoms with Crippen LogP contribution in [0.4, 0.5) is 0 Å². The molecule has 2 N–H and O–H groups in total. The third kappa shape index (κ3) is 3.77. The van der Waals surface area contributed by atoms with Gasteiger partial charge in [0.25, 0.3) is 0 Å². The highest BCUT2D eigenvalue weighted by Crippen LogP contribution is 2.17. The van der Waals surface area contributed by atoms with Crippen LogP contribution in [0.3, 0.4) is 0 Å². The molecule has 4 heteroatoms. The topological polar surface area (TPSA) is 35.2 Å². The maximum Gasteiger partial charge on any atom is 0.104 e. The van der Waals surface area contributed by atoms with Crippen molar-refractivity contribution >= 4 is 28.8 Å². The number of hydrogen-bond donors (Lipinski definition) is 1. The molecule has 0 heterocycles. The number of thiocarbonyl (C=S) groups is 1. The van der Waals surface area contributed by atoms with Gasteiger partial charge in [0.2, 0.25) is 0 Å². The number of hydrogen-bond acceptors (Lipinski definition) is 2. The van der Waals surface area contributed by atoms with Gasteiger partial charge in [-0.15, -0.1) is 0 Å². The van der Waals surface area contributed by atoms with E-state index in [9.17, 15) is 0 Å². The lowest BCUT2D eigenvalue weighted by molar-refractivity contribution is 0.107. The highest BCUT2D eigenvalue weighted by Gasteiger charge is 2.05. The summed E-state index contributed by atoms with van der Waals surface area (Å²) in [7, 11) is 0. The molecule has 0 bridgehead atoms. The Hall–Kier alpha value is -1.42. The van der Waals surface area contributed by atoms with E-state index >= 15 is 0 Å². The van der Waals surface area contributed by atoms with Gasteiger partial charge >= 0.3 is 0 Å². The van der Waals surface area contributed by atoms with E-state index in [2.05, 4.69) is 0 Å². The van der Waals surface area contributed by atoms with Gasteiger partial charge in [0, 0.05) is 10.6 Å². The van der Waals surface area contributed by atoms with Gasteiger partial charge in [-0.1, -0.05) is 66.3 Å². The molecule has 0 fully saturated rings. The van der Waals surface area contributed by atoms with Crippen molar-refractivity contribution in [3.05, 3.63) is 70.2 Å². The predicted octanol–water partition coefficient (Wildman–Crippen LogP) is 3.69. The Morgan fingerprint density at radius 3 is 2.26 bits per heavy atom. The molecule has 2 nitrogen and oxygen atoms in total. The fourth-order valence-electron chi connectivity index (χ4n) is 1.77.